The number of ether oxygens (including phenoxy) is 1. The molecule has 0 spiro atoms. The van der Waals surface area contributed by atoms with Crippen LogP contribution in [0.25, 0.3) is 11.4 Å². The summed E-state index contributed by atoms with van der Waals surface area (Å²) in [6.07, 6.45) is 10.7. The molecule has 8 rings (SSSR count). The molecule has 19 heteroatoms. The van der Waals surface area contributed by atoms with Gasteiger partial charge in [0, 0.05) is 37.9 Å². The Balaban J connectivity index is 0.899. The van der Waals surface area contributed by atoms with Crippen LogP contribution < -0.4 is 14.5 Å². The lowest BCUT2D eigenvalue weighted by atomic mass is 9.85. The Hall–Kier alpha value is -6.63. The molecular weight excluding hydrogens is 745 g/mol. The van der Waals surface area contributed by atoms with E-state index in [0.29, 0.717) is 60.7 Å². The molecule has 2 atom stereocenters. The molecule has 2 fully saturated rings. The fraction of sp³-hybridized carbons (Fsp3) is 0.316. The maximum atomic E-state index is 15.4. The predicted octanol–water partition coefficient (Wildman–Crippen LogP) is 3.55. The lowest BCUT2D eigenvalue weighted by molar-refractivity contribution is -0.139. The molecule has 292 valence electrons. The molecule has 0 aliphatic carbocycles. The largest absolute Gasteiger partial charge is 0.493 e. The van der Waals surface area contributed by atoms with Gasteiger partial charge < -0.3 is 9.84 Å². The van der Waals surface area contributed by atoms with Gasteiger partial charge >= 0.3 is 0 Å². The number of hydrogen-bond donors (Lipinski definition) is 1. The molecule has 2 aliphatic heterocycles. The Morgan fingerprint density at radius 2 is 1.42 bits per heavy atom. The van der Waals surface area contributed by atoms with Gasteiger partial charge in [-0.15, -0.1) is 19.8 Å². The van der Waals surface area contributed by atoms with Gasteiger partial charge in [-0.25, -0.2) is 13.2 Å². The number of aliphatic hydroxyl groups is 1. The first kappa shape index (κ1) is 37.3. The standard InChI is InChI=1S/C38H35F3N12O4/c39-30-15-24(19-38(56)9-2-13-51(37(38)55)35-23-47-53(49-35)29-7-11-43-45-21-29)4-5-25(30)8-14-57-33-18-32(41)31(40)17-27(33)16-26-3-1-12-50(36(26)54)34-22-46-52(48-34)28-6-10-42-44-20-28/h4-7,10-11,15,17-18,20-23,26,56H,1-3,8-9,12-14,16,19H2. The van der Waals surface area contributed by atoms with Crippen molar-refractivity contribution in [1.29, 1.82) is 0 Å². The zero-order chi connectivity index (χ0) is 39.5. The molecule has 2 amide bonds. The van der Waals surface area contributed by atoms with Gasteiger partial charge in [-0.3, -0.25) is 19.4 Å². The number of halogens is 3. The molecule has 57 heavy (non-hydrogen) atoms. The topological polar surface area (TPSA) is 183 Å². The van der Waals surface area contributed by atoms with Crippen molar-refractivity contribution in [3.05, 3.63) is 114 Å². The molecule has 4 aromatic heterocycles. The van der Waals surface area contributed by atoms with E-state index in [1.807, 2.05) is 0 Å². The number of amides is 2. The molecule has 2 aliphatic rings. The summed E-state index contributed by atoms with van der Waals surface area (Å²) in [7, 11) is 0. The minimum atomic E-state index is -1.80. The number of piperidine rings is 2. The van der Waals surface area contributed by atoms with Crippen LogP contribution in [0.1, 0.15) is 42.4 Å². The van der Waals surface area contributed by atoms with Gasteiger partial charge in [0.25, 0.3) is 5.91 Å². The number of carbonyl (C=O) groups excluding carboxylic acids is 2. The quantitative estimate of drug-likeness (QED) is 0.191. The lowest BCUT2D eigenvalue weighted by Crippen LogP contribution is -2.55. The molecule has 0 radical (unpaired) electrons. The molecule has 2 aromatic carbocycles. The van der Waals surface area contributed by atoms with Crippen molar-refractivity contribution in [2.45, 2.75) is 50.5 Å². The Bertz CT molecular complexity index is 2400. The molecule has 0 bridgehead atoms. The van der Waals surface area contributed by atoms with Crippen molar-refractivity contribution < 1.29 is 32.6 Å². The summed E-state index contributed by atoms with van der Waals surface area (Å²) >= 11 is 0. The monoisotopic (exact) mass is 780 g/mol. The van der Waals surface area contributed by atoms with Crippen LogP contribution in [-0.4, -0.2) is 92.6 Å². The Labute approximate surface area is 322 Å². The second-order valence-electron chi connectivity index (χ2n) is 13.9. The number of nitrogens with zero attached hydrogens (tertiary/aromatic N) is 12. The van der Waals surface area contributed by atoms with Crippen LogP contribution in [0.2, 0.25) is 0 Å². The first-order valence-corrected chi connectivity index (χ1v) is 18.3. The van der Waals surface area contributed by atoms with Crippen LogP contribution in [0.3, 0.4) is 0 Å². The van der Waals surface area contributed by atoms with Crippen LogP contribution in [0.15, 0.2) is 79.6 Å². The number of hydrogen-bond acceptors (Lipinski definition) is 12. The van der Waals surface area contributed by atoms with Crippen molar-refractivity contribution in [1.82, 2.24) is 50.4 Å². The minimum Gasteiger partial charge on any atom is -0.493 e. The van der Waals surface area contributed by atoms with E-state index in [1.165, 1.54) is 62.6 Å². The Morgan fingerprint density at radius 1 is 0.754 bits per heavy atom. The van der Waals surface area contributed by atoms with Gasteiger partial charge in [-0.1, -0.05) is 12.1 Å². The zero-order valence-corrected chi connectivity index (χ0v) is 30.3. The molecule has 0 saturated carbocycles. The van der Waals surface area contributed by atoms with E-state index in [9.17, 15) is 23.5 Å². The summed E-state index contributed by atoms with van der Waals surface area (Å²) in [5.41, 5.74) is 0.304. The third kappa shape index (κ3) is 7.91. The predicted molar refractivity (Wildman–Crippen MR) is 195 cm³/mol. The van der Waals surface area contributed by atoms with Crippen LogP contribution >= 0.6 is 0 Å². The van der Waals surface area contributed by atoms with E-state index in [-0.39, 0.29) is 55.3 Å². The summed E-state index contributed by atoms with van der Waals surface area (Å²) in [5.74, 6) is -3.50. The first-order valence-electron chi connectivity index (χ1n) is 18.3. The summed E-state index contributed by atoms with van der Waals surface area (Å²) in [6.45, 7) is 0.657. The number of aromatic nitrogens is 10. The third-order valence-corrected chi connectivity index (χ3v) is 10.1. The van der Waals surface area contributed by atoms with Crippen LogP contribution in [0.5, 0.6) is 5.75 Å². The highest BCUT2D eigenvalue weighted by Crippen LogP contribution is 2.32. The lowest BCUT2D eigenvalue weighted by Gasteiger charge is -2.37. The van der Waals surface area contributed by atoms with E-state index in [0.717, 1.165) is 12.1 Å². The molecule has 2 unspecified atom stereocenters. The summed E-state index contributed by atoms with van der Waals surface area (Å²) in [4.78, 5) is 32.7. The van der Waals surface area contributed by atoms with Crippen LogP contribution in [0, 0.1) is 23.4 Å². The van der Waals surface area contributed by atoms with E-state index in [2.05, 4.69) is 40.8 Å². The van der Waals surface area contributed by atoms with E-state index in [4.69, 9.17) is 4.74 Å². The first-order chi connectivity index (χ1) is 27.6. The van der Waals surface area contributed by atoms with Crippen molar-refractivity contribution in [3.8, 4) is 17.1 Å². The maximum Gasteiger partial charge on any atom is 0.260 e. The number of carbonyl (C=O) groups is 2. The molecule has 1 N–H and O–H groups in total. The Morgan fingerprint density at radius 3 is 2.09 bits per heavy atom. The van der Waals surface area contributed by atoms with Crippen LogP contribution in [-0.2, 0) is 28.9 Å². The van der Waals surface area contributed by atoms with Gasteiger partial charge in [-0.05, 0) is 73.1 Å². The number of benzene rings is 2. The number of rotatable bonds is 12. The van der Waals surface area contributed by atoms with Gasteiger partial charge in [0.1, 0.15) is 28.5 Å². The maximum absolute atomic E-state index is 15.4. The average molecular weight is 781 g/mol. The fourth-order valence-electron chi connectivity index (χ4n) is 7.19. The Kier molecular flexibility index (Phi) is 10.4. The highest BCUT2D eigenvalue weighted by molar-refractivity contribution is 5.99. The van der Waals surface area contributed by atoms with Gasteiger partial charge in [-0.2, -0.15) is 30.6 Å². The molecule has 6 heterocycles. The highest BCUT2D eigenvalue weighted by atomic mass is 19.2. The van der Waals surface area contributed by atoms with Gasteiger partial charge in [0.05, 0.1) is 43.8 Å². The summed E-state index contributed by atoms with van der Waals surface area (Å²) < 4.78 is 50.3. The zero-order valence-electron chi connectivity index (χ0n) is 30.3. The van der Waals surface area contributed by atoms with Crippen molar-refractivity contribution in [2.24, 2.45) is 5.92 Å². The van der Waals surface area contributed by atoms with Gasteiger partial charge in [0.2, 0.25) is 5.91 Å². The normalized spacial score (nSPS) is 18.6. The second-order valence-corrected chi connectivity index (χ2v) is 13.9. The van der Waals surface area contributed by atoms with Crippen molar-refractivity contribution in [3.63, 3.8) is 0 Å². The highest BCUT2D eigenvalue weighted by Gasteiger charge is 2.43. The fourth-order valence-corrected chi connectivity index (χ4v) is 7.19. The third-order valence-electron chi connectivity index (χ3n) is 10.1. The van der Waals surface area contributed by atoms with Crippen molar-refractivity contribution in [2.75, 3.05) is 29.5 Å². The average Bonchev–Trinajstić information content (AvgIpc) is 3.92. The number of anilines is 2. The van der Waals surface area contributed by atoms with E-state index >= 15 is 4.39 Å². The second kappa shape index (κ2) is 15.8. The molecule has 16 nitrogen and oxygen atoms in total. The smallest absolute Gasteiger partial charge is 0.260 e. The summed E-state index contributed by atoms with van der Waals surface area (Å²) in [6, 6.07) is 9.73. The van der Waals surface area contributed by atoms with Gasteiger partial charge in [0.15, 0.2) is 23.3 Å². The van der Waals surface area contributed by atoms with E-state index in [1.54, 1.807) is 24.3 Å². The molecule has 2 saturated heterocycles. The summed E-state index contributed by atoms with van der Waals surface area (Å²) in [5, 5.41) is 43.8. The minimum absolute atomic E-state index is 0.0482. The molecular formula is C38H35F3N12O4. The molecule has 6 aromatic rings. The van der Waals surface area contributed by atoms with E-state index < -0.39 is 34.9 Å². The van der Waals surface area contributed by atoms with Crippen LogP contribution in [0.4, 0.5) is 24.8 Å². The SMILES string of the molecule is O=C1C(Cc2cc(F)c(F)cc2OCCc2ccc(CC3(O)CCCN(c4cnn(-c5ccnnc5)n4)C3=O)cc2F)CCCN1c1cnn(-c2ccnnc2)n1. The van der Waals surface area contributed by atoms with Crippen molar-refractivity contribution >= 4 is 23.5 Å².